The molecule has 1 aliphatic heterocycles. The Morgan fingerprint density at radius 1 is 0.892 bits per heavy atom. The maximum atomic E-state index is 12.4. The van der Waals surface area contributed by atoms with Gasteiger partial charge < -0.3 is 4.90 Å². The number of hydrogen-bond acceptors (Lipinski definition) is 6. The molecule has 1 saturated heterocycles. The van der Waals surface area contributed by atoms with Gasteiger partial charge in [-0.1, -0.05) is 54.6 Å². The van der Waals surface area contributed by atoms with Crippen molar-refractivity contribution in [1.82, 2.24) is 14.9 Å². The molecule has 0 atom stereocenters. The number of anilines is 2. The molecule has 4 aromatic rings. The predicted octanol–water partition coefficient (Wildman–Crippen LogP) is 5.89. The van der Waals surface area contributed by atoms with Crippen molar-refractivity contribution in [2.45, 2.75) is 31.7 Å². The second kappa shape index (κ2) is 11.7. The molecular formula is C30H33N5OS. The highest BCUT2D eigenvalue weighted by Gasteiger charge is 2.16. The zero-order valence-corrected chi connectivity index (χ0v) is 22.2. The molecule has 2 N–H and O–H groups in total. The zero-order valence-electron chi connectivity index (χ0n) is 21.4. The van der Waals surface area contributed by atoms with Crippen LogP contribution in [-0.4, -0.2) is 41.0 Å². The molecule has 0 spiro atoms. The van der Waals surface area contributed by atoms with Gasteiger partial charge in [0.1, 0.15) is 0 Å². The third kappa shape index (κ3) is 6.42. The smallest absolute Gasteiger partial charge is 0.252 e. The van der Waals surface area contributed by atoms with Gasteiger partial charge in [0.05, 0.1) is 5.69 Å². The number of rotatable bonds is 7. The summed E-state index contributed by atoms with van der Waals surface area (Å²) >= 11 is 1.46. The Balaban J connectivity index is 1.24. The molecule has 190 valence electrons. The minimum atomic E-state index is -0.172. The van der Waals surface area contributed by atoms with E-state index in [9.17, 15) is 4.79 Å². The summed E-state index contributed by atoms with van der Waals surface area (Å²) in [7, 11) is 0. The van der Waals surface area contributed by atoms with Crippen LogP contribution in [0.15, 0.2) is 88.6 Å². The molecule has 3 aromatic carbocycles. The van der Waals surface area contributed by atoms with Crippen molar-refractivity contribution in [2.75, 3.05) is 35.8 Å². The summed E-state index contributed by atoms with van der Waals surface area (Å²) in [6.07, 6.45) is 1.14. The van der Waals surface area contributed by atoms with Crippen molar-refractivity contribution in [2.24, 2.45) is 0 Å². The largest absolute Gasteiger partial charge is 0.370 e. The van der Waals surface area contributed by atoms with Crippen LogP contribution in [0.1, 0.15) is 23.1 Å². The molecule has 37 heavy (non-hydrogen) atoms. The van der Waals surface area contributed by atoms with Crippen molar-refractivity contribution < 1.29 is 0 Å². The number of aryl methyl sites for hydroxylation is 2. The molecule has 0 amide bonds. The summed E-state index contributed by atoms with van der Waals surface area (Å²) in [6.45, 7) is 9.28. The lowest BCUT2D eigenvalue weighted by Gasteiger charge is -2.24. The second-order valence-corrected chi connectivity index (χ2v) is 10.4. The highest BCUT2D eigenvalue weighted by molar-refractivity contribution is 8.00. The number of nitrogens with one attached hydrogen (secondary N) is 2. The number of H-pyrrole nitrogens is 1. The van der Waals surface area contributed by atoms with E-state index < -0.39 is 0 Å². The van der Waals surface area contributed by atoms with E-state index >= 15 is 0 Å². The molecule has 6 nitrogen and oxygen atoms in total. The quantitative estimate of drug-likeness (QED) is 0.302. The van der Waals surface area contributed by atoms with E-state index in [0.29, 0.717) is 11.6 Å². The van der Waals surface area contributed by atoms with Crippen LogP contribution in [0.25, 0.3) is 11.3 Å². The third-order valence-electron chi connectivity index (χ3n) is 6.76. The van der Waals surface area contributed by atoms with Gasteiger partial charge in [-0.25, -0.2) is 4.98 Å². The third-order valence-corrected chi connectivity index (χ3v) is 7.55. The van der Waals surface area contributed by atoms with Crippen LogP contribution in [0, 0.1) is 13.8 Å². The fourth-order valence-electron chi connectivity index (χ4n) is 4.93. The molecule has 0 aliphatic carbocycles. The fourth-order valence-corrected chi connectivity index (χ4v) is 5.57. The van der Waals surface area contributed by atoms with Gasteiger partial charge in [-0.15, -0.1) is 0 Å². The van der Waals surface area contributed by atoms with E-state index in [4.69, 9.17) is 4.98 Å². The number of benzene rings is 3. The molecule has 1 aliphatic rings. The average Bonchev–Trinajstić information content (AvgIpc) is 3.14. The van der Waals surface area contributed by atoms with E-state index in [-0.39, 0.29) is 5.56 Å². The molecule has 1 fully saturated rings. The highest BCUT2D eigenvalue weighted by atomic mass is 32.2. The summed E-state index contributed by atoms with van der Waals surface area (Å²) in [6, 6.07) is 26.9. The van der Waals surface area contributed by atoms with Crippen LogP contribution < -0.4 is 15.2 Å². The number of hydrogen-bond donors (Lipinski definition) is 2. The van der Waals surface area contributed by atoms with Gasteiger partial charge in [0.25, 0.3) is 5.56 Å². The van der Waals surface area contributed by atoms with Gasteiger partial charge in [-0.05, 0) is 67.1 Å². The Morgan fingerprint density at radius 3 is 2.49 bits per heavy atom. The standard InChI is InChI=1S/C30H33N5OS/c1-22-9-6-10-23(2)29(22)27-20-28(36)32-30(31-27)33-37-26-14-7-13-25(19-26)35-16-8-15-34(17-18-35)21-24-11-4-3-5-12-24/h3-7,9-14,19-20H,8,15-18,21H2,1-2H3,(H2,31,32,33,36). The van der Waals surface area contributed by atoms with Gasteiger partial charge in [-0.2, -0.15) is 0 Å². The first-order valence-electron chi connectivity index (χ1n) is 12.8. The van der Waals surface area contributed by atoms with Crippen LogP contribution >= 0.6 is 11.9 Å². The lowest BCUT2D eigenvalue weighted by molar-refractivity contribution is 0.285. The first-order valence-corrected chi connectivity index (χ1v) is 13.6. The van der Waals surface area contributed by atoms with E-state index in [2.05, 4.69) is 74.1 Å². The van der Waals surface area contributed by atoms with Gasteiger partial charge in [-0.3, -0.25) is 19.4 Å². The summed E-state index contributed by atoms with van der Waals surface area (Å²) in [5, 5.41) is 0. The number of nitrogens with zero attached hydrogens (tertiary/aromatic N) is 3. The molecule has 0 saturated carbocycles. The number of aromatic nitrogens is 2. The Labute approximate surface area is 222 Å². The number of aromatic amines is 1. The van der Waals surface area contributed by atoms with E-state index in [0.717, 1.165) is 60.7 Å². The van der Waals surface area contributed by atoms with Crippen molar-refractivity contribution in [3.8, 4) is 11.3 Å². The van der Waals surface area contributed by atoms with Gasteiger partial charge >= 0.3 is 0 Å². The lowest BCUT2D eigenvalue weighted by atomic mass is 10.00. The van der Waals surface area contributed by atoms with E-state index in [1.807, 2.05) is 32.0 Å². The Morgan fingerprint density at radius 2 is 1.68 bits per heavy atom. The monoisotopic (exact) mass is 511 g/mol. The summed E-state index contributed by atoms with van der Waals surface area (Å²) < 4.78 is 3.25. The van der Waals surface area contributed by atoms with E-state index in [1.54, 1.807) is 6.07 Å². The minimum absolute atomic E-state index is 0.172. The summed E-state index contributed by atoms with van der Waals surface area (Å²) in [5.74, 6) is 0.451. The summed E-state index contributed by atoms with van der Waals surface area (Å²) in [4.78, 5) is 26.0. The Hall–Kier alpha value is -3.55. The van der Waals surface area contributed by atoms with Crippen LogP contribution in [0.5, 0.6) is 0 Å². The molecule has 0 bridgehead atoms. The Kier molecular flexibility index (Phi) is 7.92. The first-order chi connectivity index (χ1) is 18.0. The van der Waals surface area contributed by atoms with Crippen LogP contribution in [0.2, 0.25) is 0 Å². The summed E-state index contributed by atoms with van der Waals surface area (Å²) in [5.41, 5.74) is 6.31. The fraction of sp³-hybridized carbons (Fsp3) is 0.267. The topological polar surface area (TPSA) is 64.3 Å². The highest BCUT2D eigenvalue weighted by Crippen LogP contribution is 2.28. The maximum absolute atomic E-state index is 12.4. The average molecular weight is 512 g/mol. The molecule has 5 rings (SSSR count). The molecule has 1 aromatic heterocycles. The normalized spacial score (nSPS) is 14.4. The van der Waals surface area contributed by atoms with Crippen molar-refractivity contribution in [3.63, 3.8) is 0 Å². The van der Waals surface area contributed by atoms with E-state index in [1.165, 1.54) is 23.2 Å². The van der Waals surface area contributed by atoms with Crippen LogP contribution in [0.3, 0.4) is 0 Å². The first kappa shape index (κ1) is 25.1. The predicted molar refractivity (Wildman–Crippen MR) is 154 cm³/mol. The molecule has 7 heteroatoms. The second-order valence-electron chi connectivity index (χ2n) is 9.55. The van der Waals surface area contributed by atoms with Gasteiger partial charge in [0.15, 0.2) is 0 Å². The van der Waals surface area contributed by atoms with Crippen molar-refractivity contribution in [3.05, 3.63) is 106 Å². The SMILES string of the molecule is Cc1cccc(C)c1-c1cc(=O)[nH]c(NSc2cccc(N3CCCN(Cc4ccccc4)CC3)c2)n1. The Bertz CT molecular complexity index is 1380. The molecular weight excluding hydrogens is 478 g/mol. The molecule has 0 unspecified atom stereocenters. The van der Waals surface area contributed by atoms with Crippen LogP contribution in [-0.2, 0) is 6.54 Å². The zero-order chi connectivity index (χ0) is 25.6. The lowest BCUT2D eigenvalue weighted by Crippen LogP contribution is -2.30. The van der Waals surface area contributed by atoms with Gasteiger partial charge in [0.2, 0.25) is 5.95 Å². The molecule has 0 radical (unpaired) electrons. The van der Waals surface area contributed by atoms with Gasteiger partial charge in [0, 0.05) is 54.9 Å². The van der Waals surface area contributed by atoms with Crippen LogP contribution in [0.4, 0.5) is 11.6 Å². The minimum Gasteiger partial charge on any atom is -0.370 e. The molecule has 2 heterocycles. The maximum Gasteiger partial charge on any atom is 0.252 e. The van der Waals surface area contributed by atoms with Crippen molar-refractivity contribution >= 4 is 23.6 Å². The van der Waals surface area contributed by atoms with Crippen molar-refractivity contribution in [1.29, 1.82) is 0 Å².